The average Bonchev–Trinajstić information content (AvgIpc) is 0.710. The molecule has 11 rings (SSSR count). The molecule has 0 spiro atoms. The van der Waals surface area contributed by atoms with E-state index in [9.17, 15) is 0 Å². The van der Waals surface area contributed by atoms with Crippen LogP contribution in [0, 0.1) is 0 Å². The summed E-state index contributed by atoms with van der Waals surface area (Å²) in [6.45, 7) is 92.9. The van der Waals surface area contributed by atoms with Gasteiger partial charge in [0, 0.05) is 44.3 Å². The molecule has 0 N–H and O–H groups in total. The molecule has 0 heterocycles. The van der Waals surface area contributed by atoms with Crippen molar-refractivity contribution in [1.82, 2.24) is 0 Å². The molecule has 2 heteroatoms. The molecule has 0 aliphatic carbocycles. The Hall–Kier alpha value is -8.46. The third-order valence-corrected chi connectivity index (χ3v) is 24.4. The Kier molecular flexibility index (Phi) is 22.7. The van der Waals surface area contributed by atoms with Crippen molar-refractivity contribution in [3.05, 3.63) is 260 Å². The quantitative estimate of drug-likeness (QED) is 0.0995. The van der Waals surface area contributed by atoms with Crippen molar-refractivity contribution in [2.24, 2.45) is 0 Å². The lowest BCUT2D eigenvalue weighted by Crippen LogP contribution is -2.21. The fraction of sp³-hybridized carbons (Fsp3) is 0.456. The smallest absolute Gasteiger partial charge is 0.0620 e. The van der Waals surface area contributed by atoms with Gasteiger partial charge in [-0.2, -0.15) is 0 Å². The van der Waals surface area contributed by atoms with Crippen LogP contribution in [0.2, 0.25) is 0 Å². The predicted octanol–water partition coefficient (Wildman–Crippen LogP) is 34.5. The molecule has 0 aliphatic heterocycles. The van der Waals surface area contributed by atoms with Crippen molar-refractivity contribution in [3.63, 3.8) is 0 Å². The fourth-order valence-electron chi connectivity index (χ4n) is 15.9. The highest BCUT2D eigenvalue weighted by Gasteiger charge is 2.35. The number of rotatable bonds is 10. The van der Waals surface area contributed by atoms with E-state index >= 15 is 0 Å². The fourth-order valence-corrected chi connectivity index (χ4v) is 15.9. The van der Waals surface area contributed by atoms with Crippen molar-refractivity contribution in [1.29, 1.82) is 0 Å². The summed E-state index contributed by atoms with van der Waals surface area (Å²) in [5.41, 5.74) is 31.4. The SMILES string of the molecule is CC(C)(C)c1cc(-c2cc(-c3cc(C(C)(C)C)cc(C(C)(C)C)c3)cc(N(c3cc(C(C)(C)C)cc(C(C)(C)C)c3)c3c4ccccc4c(N(c4cc(-c5cc(C(C)(C)C)cc(C(C)(C)C)c5)cc(-c5cc(C(C)(C)C)cc(C(C)(C)C)c5)c4)c4cc(C(C)(C)C)cc(C(C)(C)C)c4)c4cc(C(C)(C)C)ccc34)c2)cc(C(C)(C)C)c1. The zero-order valence-corrected chi connectivity index (χ0v) is 79.8. The van der Waals surface area contributed by atoms with Crippen molar-refractivity contribution < 1.29 is 0 Å². The monoisotopic (exact) mass is 1550 g/mol. The number of fused-ring (bicyclic) bond motifs is 2. The minimum absolute atomic E-state index is 0.118. The van der Waals surface area contributed by atoms with Crippen molar-refractivity contribution in [2.75, 3.05) is 9.80 Å². The maximum absolute atomic E-state index is 2.74. The van der Waals surface area contributed by atoms with Crippen molar-refractivity contribution in [3.8, 4) is 44.5 Å². The lowest BCUT2D eigenvalue weighted by atomic mass is 9.78. The van der Waals surface area contributed by atoms with Crippen LogP contribution in [0.1, 0.15) is 342 Å². The van der Waals surface area contributed by atoms with Gasteiger partial charge in [0.2, 0.25) is 0 Å². The second-order valence-electron chi connectivity index (χ2n) is 48.2. The van der Waals surface area contributed by atoms with Gasteiger partial charge < -0.3 is 9.80 Å². The average molecular weight is 1550 g/mol. The highest BCUT2D eigenvalue weighted by atomic mass is 15.2. The van der Waals surface area contributed by atoms with Crippen molar-refractivity contribution >= 4 is 55.7 Å². The second-order valence-corrected chi connectivity index (χ2v) is 48.2. The summed E-state index contributed by atoms with van der Waals surface area (Å²) in [6.07, 6.45) is 0. The van der Waals surface area contributed by atoms with Gasteiger partial charge in [0.15, 0.2) is 0 Å². The minimum Gasteiger partial charge on any atom is -0.309 e. The topological polar surface area (TPSA) is 6.48 Å². The van der Waals surface area contributed by atoms with E-state index in [1.54, 1.807) is 0 Å². The van der Waals surface area contributed by atoms with Crippen LogP contribution in [0.3, 0.4) is 0 Å². The molecule has 11 aromatic carbocycles. The molecule has 11 aromatic rings. The summed E-state index contributed by atoms with van der Waals surface area (Å²) in [7, 11) is 0. The molecule has 0 atom stereocenters. The zero-order chi connectivity index (χ0) is 86.5. The molecule has 0 radical (unpaired) electrons. The summed E-state index contributed by atoms with van der Waals surface area (Å²) in [5, 5.41) is 4.65. The van der Waals surface area contributed by atoms with Gasteiger partial charge in [-0.05, 0) is 254 Å². The first-order valence-electron chi connectivity index (χ1n) is 43.5. The molecule has 0 aromatic heterocycles. The Morgan fingerprint density at radius 2 is 0.302 bits per heavy atom. The van der Waals surface area contributed by atoms with Crippen LogP contribution in [-0.2, 0) is 70.4 Å². The molecular formula is C114H148N2. The van der Waals surface area contributed by atoms with Crippen LogP contribution in [-0.4, -0.2) is 0 Å². The largest absolute Gasteiger partial charge is 0.309 e. The third kappa shape index (κ3) is 19.1. The molecule has 0 saturated carbocycles. The standard InChI is InChI=1S/C114H148N2/c1-102(2,3)79-44-45-98-99(70-79)101(116(95-68-90(113(34,35)36)65-91(69-95)114(37,38)39)93-58-73(77-52-84(107(16,17)18)62-85(53-77)108(19,20)21)47-74(59-93)78-54-86(109(22,23)24)63-87(55-78)110(25,26)27)97-43-41-40-42-96(97)100(98)115(94-66-88(111(28,29)30)64-89(67-94)112(31,32)33)92-56-71(75-48-80(103(4,5)6)60-81(49-75)104(7,8)9)46-72(57-92)76-50-82(105(10,11)12)61-83(51-76)106(13,14)15/h40-70H,1-39H3. The van der Waals surface area contributed by atoms with Gasteiger partial charge in [-0.15, -0.1) is 0 Å². The van der Waals surface area contributed by atoms with E-state index in [2.05, 4.69) is 468 Å². The van der Waals surface area contributed by atoms with E-state index in [0.717, 1.165) is 50.3 Å². The Balaban J connectivity index is 1.43. The van der Waals surface area contributed by atoms with E-state index in [-0.39, 0.29) is 70.4 Å². The maximum Gasteiger partial charge on any atom is 0.0620 e. The van der Waals surface area contributed by atoms with Crippen LogP contribution in [0.25, 0.3) is 66.1 Å². The van der Waals surface area contributed by atoms with Crippen LogP contribution in [0.15, 0.2) is 188 Å². The molecule has 2 nitrogen and oxygen atoms in total. The van der Waals surface area contributed by atoms with Gasteiger partial charge in [0.25, 0.3) is 0 Å². The van der Waals surface area contributed by atoms with Gasteiger partial charge in [0.05, 0.1) is 11.4 Å². The molecule has 614 valence electrons. The van der Waals surface area contributed by atoms with Crippen LogP contribution >= 0.6 is 0 Å². The molecule has 0 aliphatic rings. The Labute approximate surface area is 706 Å². The molecule has 0 amide bonds. The molecule has 116 heavy (non-hydrogen) atoms. The van der Waals surface area contributed by atoms with Gasteiger partial charge >= 0.3 is 0 Å². The Morgan fingerprint density at radius 3 is 0.500 bits per heavy atom. The number of nitrogens with zero attached hydrogens (tertiary/aromatic N) is 2. The summed E-state index contributed by atoms with van der Waals surface area (Å²) in [6, 6.07) is 77.5. The van der Waals surface area contributed by atoms with Gasteiger partial charge in [-0.1, -0.05) is 391 Å². The Bertz CT molecular complexity index is 5160. The lowest BCUT2D eigenvalue weighted by Gasteiger charge is -2.36. The number of hydrogen-bond donors (Lipinski definition) is 0. The molecular weight excluding hydrogens is 1400 g/mol. The normalized spacial score (nSPS) is 13.6. The molecule has 0 bridgehead atoms. The maximum atomic E-state index is 2.74. The molecule has 0 unspecified atom stereocenters. The number of anilines is 6. The zero-order valence-electron chi connectivity index (χ0n) is 79.8. The van der Waals surface area contributed by atoms with Crippen LogP contribution < -0.4 is 9.80 Å². The summed E-state index contributed by atoms with van der Waals surface area (Å²) in [5.74, 6) is 0. The minimum atomic E-state index is -0.237. The summed E-state index contributed by atoms with van der Waals surface area (Å²) >= 11 is 0. The lowest BCUT2D eigenvalue weighted by molar-refractivity contribution is 0.568. The second kappa shape index (κ2) is 29.8. The first-order valence-corrected chi connectivity index (χ1v) is 43.5. The first kappa shape index (κ1) is 88.4. The Morgan fingerprint density at radius 1 is 0.138 bits per heavy atom. The third-order valence-electron chi connectivity index (χ3n) is 24.4. The number of hydrogen-bond acceptors (Lipinski definition) is 2. The van der Waals surface area contributed by atoms with Crippen LogP contribution in [0.4, 0.5) is 34.1 Å². The van der Waals surface area contributed by atoms with Crippen LogP contribution in [0.5, 0.6) is 0 Å². The van der Waals surface area contributed by atoms with E-state index in [1.165, 1.54) is 122 Å². The van der Waals surface area contributed by atoms with E-state index in [1.807, 2.05) is 0 Å². The summed E-state index contributed by atoms with van der Waals surface area (Å²) < 4.78 is 0. The predicted molar refractivity (Wildman–Crippen MR) is 516 cm³/mol. The molecule has 0 fully saturated rings. The van der Waals surface area contributed by atoms with Gasteiger partial charge in [-0.25, -0.2) is 0 Å². The number of benzene rings is 11. The van der Waals surface area contributed by atoms with Gasteiger partial charge in [0.1, 0.15) is 0 Å². The van der Waals surface area contributed by atoms with E-state index in [0.29, 0.717) is 0 Å². The molecule has 0 saturated heterocycles. The van der Waals surface area contributed by atoms with Crippen molar-refractivity contribution in [2.45, 2.75) is 340 Å². The van der Waals surface area contributed by atoms with E-state index in [4.69, 9.17) is 0 Å². The highest BCUT2D eigenvalue weighted by molar-refractivity contribution is 6.24. The summed E-state index contributed by atoms with van der Waals surface area (Å²) in [4.78, 5) is 5.46. The highest BCUT2D eigenvalue weighted by Crippen LogP contribution is 2.56. The van der Waals surface area contributed by atoms with Gasteiger partial charge in [-0.3, -0.25) is 0 Å². The van der Waals surface area contributed by atoms with E-state index < -0.39 is 0 Å². The first-order chi connectivity index (χ1) is 52.6.